The Balaban J connectivity index is 2.19. The second kappa shape index (κ2) is 4.63. The molecule has 0 spiro atoms. The van der Waals surface area contributed by atoms with Gasteiger partial charge in [0.15, 0.2) is 5.82 Å². The highest BCUT2D eigenvalue weighted by Crippen LogP contribution is 2.15. The number of amides is 1. The summed E-state index contributed by atoms with van der Waals surface area (Å²) in [5.41, 5.74) is 1.42. The van der Waals surface area contributed by atoms with E-state index in [1.165, 1.54) is 0 Å². The maximum atomic E-state index is 12.0. The number of nitrogens with one attached hydrogen (secondary N) is 2. The number of nitrogens with zero attached hydrogens (tertiary/aromatic N) is 2. The number of H-pyrrole nitrogens is 1. The van der Waals surface area contributed by atoms with Gasteiger partial charge >= 0.3 is 0 Å². The predicted molar refractivity (Wildman–Crippen MR) is 66.4 cm³/mol. The van der Waals surface area contributed by atoms with Crippen LogP contribution in [-0.2, 0) is 6.54 Å². The standard InChI is InChI=1S/C11H13ClN4O/c1-3-16-6-8(12)5-9(16)11(17)13-10-4-7(2)14-15-10/h4-6H,3H2,1-2H3,(H2,13,14,15,17). The fourth-order valence-electron chi connectivity index (χ4n) is 1.59. The summed E-state index contributed by atoms with van der Waals surface area (Å²) in [5, 5.41) is 9.96. The molecular formula is C11H13ClN4O. The van der Waals surface area contributed by atoms with Gasteiger partial charge in [-0.1, -0.05) is 11.6 Å². The molecule has 1 amide bonds. The van der Waals surface area contributed by atoms with Crippen LogP contribution in [0.2, 0.25) is 5.02 Å². The second-order valence-electron chi connectivity index (χ2n) is 3.72. The highest BCUT2D eigenvalue weighted by atomic mass is 35.5. The van der Waals surface area contributed by atoms with Gasteiger partial charge in [-0.2, -0.15) is 5.10 Å². The van der Waals surface area contributed by atoms with Crippen LogP contribution in [0.4, 0.5) is 5.82 Å². The molecule has 0 aliphatic heterocycles. The number of aromatic nitrogens is 3. The van der Waals surface area contributed by atoms with E-state index in [0.717, 1.165) is 5.69 Å². The van der Waals surface area contributed by atoms with Gasteiger partial charge in [0.1, 0.15) is 5.69 Å². The summed E-state index contributed by atoms with van der Waals surface area (Å²) in [5.74, 6) is 0.290. The van der Waals surface area contributed by atoms with Crippen LogP contribution < -0.4 is 5.32 Å². The summed E-state index contributed by atoms with van der Waals surface area (Å²) < 4.78 is 1.79. The number of aromatic amines is 1. The monoisotopic (exact) mass is 252 g/mol. The Kier molecular flexibility index (Phi) is 3.19. The molecule has 6 heteroatoms. The average molecular weight is 253 g/mol. The minimum Gasteiger partial charge on any atom is -0.342 e. The van der Waals surface area contributed by atoms with Gasteiger partial charge in [0.25, 0.3) is 5.91 Å². The number of carbonyl (C=O) groups is 1. The summed E-state index contributed by atoms with van der Waals surface area (Å²) >= 11 is 5.87. The van der Waals surface area contributed by atoms with Crippen molar-refractivity contribution in [2.75, 3.05) is 5.32 Å². The van der Waals surface area contributed by atoms with Crippen LogP contribution in [-0.4, -0.2) is 20.7 Å². The number of hydrogen-bond acceptors (Lipinski definition) is 2. The molecule has 0 aliphatic rings. The Hall–Kier alpha value is -1.75. The number of aryl methyl sites for hydroxylation is 2. The van der Waals surface area contributed by atoms with Crippen molar-refractivity contribution in [3.8, 4) is 0 Å². The van der Waals surface area contributed by atoms with E-state index in [2.05, 4.69) is 15.5 Å². The van der Waals surface area contributed by atoms with Crippen molar-refractivity contribution >= 4 is 23.3 Å². The van der Waals surface area contributed by atoms with Gasteiger partial charge in [-0.05, 0) is 19.9 Å². The maximum Gasteiger partial charge on any atom is 0.273 e. The van der Waals surface area contributed by atoms with Gasteiger partial charge in [-0.15, -0.1) is 0 Å². The quantitative estimate of drug-likeness (QED) is 0.881. The van der Waals surface area contributed by atoms with Crippen LogP contribution in [0.25, 0.3) is 0 Å². The number of hydrogen-bond donors (Lipinski definition) is 2. The first-order valence-corrected chi connectivity index (χ1v) is 5.67. The van der Waals surface area contributed by atoms with Crippen molar-refractivity contribution in [1.29, 1.82) is 0 Å². The van der Waals surface area contributed by atoms with Crippen LogP contribution in [0, 0.1) is 6.92 Å². The third-order valence-electron chi connectivity index (χ3n) is 2.38. The zero-order chi connectivity index (χ0) is 12.4. The molecule has 0 saturated heterocycles. The number of anilines is 1. The van der Waals surface area contributed by atoms with Crippen molar-refractivity contribution in [2.24, 2.45) is 0 Å². The van der Waals surface area contributed by atoms with E-state index >= 15 is 0 Å². The van der Waals surface area contributed by atoms with E-state index in [9.17, 15) is 4.79 Å². The fraction of sp³-hybridized carbons (Fsp3) is 0.273. The smallest absolute Gasteiger partial charge is 0.273 e. The van der Waals surface area contributed by atoms with Gasteiger partial charge in [0, 0.05) is 24.5 Å². The molecule has 0 radical (unpaired) electrons. The van der Waals surface area contributed by atoms with Crippen LogP contribution in [0.15, 0.2) is 18.3 Å². The number of rotatable bonds is 3. The fourth-order valence-corrected chi connectivity index (χ4v) is 1.81. The lowest BCUT2D eigenvalue weighted by Gasteiger charge is -2.05. The minimum absolute atomic E-state index is 0.217. The molecule has 0 atom stereocenters. The number of carbonyl (C=O) groups excluding carboxylic acids is 1. The Morgan fingerprint density at radius 3 is 2.94 bits per heavy atom. The van der Waals surface area contributed by atoms with Crippen molar-refractivity contribution in [1.82, 2.24) is 14.8 Å². The molecular weight excluding hydrogens is 240 g/mol. The Morgan fingerprint density at radius 1 is 1.59 bits per heavy atom. The molecule has 2 rings (SSSR count). The summed E-state index contributed by atoms with van der Waals surface area (Å²) in [7, 11) is 0. The van der Waals surface area contributed by atoms with E-state index in [1.54, 1.807) is 22.9 Å². The maximum absolute atomic E-state index is 12.0. The third-order valence-corrected chi connectivity index (χ3v) is 2.59. The van der Waals surface area contributed by atoms with Crippen molar-refractivity contribution in [3.05, 3.63) is 34.7 Å². The highest BCUT2D eigenvalue weighted by Gasteiger charge is 2.13. The molecule has 2 aromatic rings. The molecule has 0 saturated carbocycles. The lowest BCUT2D eigenvalue weighted by atomic mass is 10.4. The van der Waals surface area contributed by atoms with Gasteiger partial charge < -0.3 is 9.88 Å². The molecule has 2 heterocycles. The van der Waals surface area contributed by atoms with Crippen LogP contribution in [0.5, 0.6) is 0 Å². The van der Waals surface area contributed by atoms with Crippen LogP contribution >= 0.6 is 11.6 Å². The van der Waals surface area contributed by atoms with Gasteiger partial charge in [-0.3, -0.25) is 9.89 Å². The second-order valence-corrected chi connectivity index (χ2v) is 4.16. The van der Waals surface area contributed by atoms with E-state index in [0.29, 0.717) is 23.1 Å². The third kappa shape index (κ3) is 2.50. The zero-order valence-electron chi connectivity index (χ0n) is 9.62. The first kappa shape index (κ1) is 11.7. The normalized spacial score (nSPS) is 10.5. The Labute approximate surface area is 104 Å². The van der Waals surface area contributed by atoms with Gasteiger partial charge in [0.05, 0.1) is 5.02 Å². The molecule has 2 aromatic heterocycles. The van der Waals surface area contributed by atoms with E-state index in [1.807, 2.05) is 13.8 Å². The predicted octanol–water partition coefficient (Wildman–Crippen LogP) is 2.45. The molecule has 0 aromatic carbocycles. The lowest BCUT2D eigenvalue weighted by molar-refractivity contribution is 0.101. The lowest BCUT2D eigenvalue weighted by Crippen LogP contribution is -2.16. The largest absolute Gasteiger partial charge is 0.342 e. The zero-order valence-corrected chi connectivity index (χ0v) is 10.4. The minimum atomic E-state index is -0.217. The van der Waals surface area contributed by atoms with Crippen molar-refractivity contribution in [3.63, 3.8) is 0 Å². The molecule has 17 heavy (non-hydrogen) atoms. The molecule has 0 unspecified atom stereocenters. The molecule has 2 N–H and O–H groups in total. The van der Waals surface area contributed by atoms with E-state index in [-0.39, 0.29) is 5.91 Å². The topological polar surface area (TPSA) is 62.7 Å². The summed E-state index contributed by atoms with van der Waals surface area (Å²) in [6.07, 6.45) is 1.73. The molecule has 0 bridgehead atoms. The SMILES string of the molecule is CCn1cc(Cl)cc1C(=O)Nc1cc(C)[nH]n1. The van der Waals surface area contributed by atoms with Gasteiger partial charge in [-0.25, -0.2) is 0 Å². The molecule has 0 aliphatic carbocycles. The summed E-state index contributed by atoms with van der Waals surface area (Å²) in [6.45, 7) is 4.51. The molecule has 5 nitrogen and oxygen atoms in total. The molecule has 90 valence electrons. The van der Waals surface area contributed by atoms with Crippen molar-refractivity contribution < 1.29 is 4.79 Å². The Morgan fingerprint density at radius 2 is 2.35 bits per heavy atom. The first-order valence-electron chi connectivity index (χ1n) is 5.29. The Bertz CT molecular complexity index is 543. The van der Waals surface area contributed by atoms with Gasteiger partial charge in [0.2, 0.25) is 0 Å². The van der Waals surface area contributed by atoms with E-state index in [4.69, 9.17) is 11.6 Å². The first-order chi connectivity index (χ1) is 8.10. The summed E-state index contributed by atoms with van der Waals surface area (Å²) in [4.78, 5) is 12.0. The van der Waals surface area contributed by atoms with E-state index < -0.39 is 0 Å². The van der Waals surface area contributed by atoms with Crippen LogP contribution in [0.1, 0.15) is 23.1 Å². The highest BCUT2D eigenvalue weighted by molar-refractivity contribution is 6.31. The summed E-state index contributed by atoms with van der Waals surface area (Å²) in [6, 6.07) is 3.40. The number of halogens is 1. The molecule has 0 fully saturated rings. The van der Waals surface area contributed by atoms with Crippen molar-refractivity contribution in [2.45, 2.75) is 20.4 Å². The van der Waals surface area contributed by atoms with Crippen LogP contribution in [0.3, 0.4) is 0 Å². The average Bonchev–Trinajstić information content (AvgIpc) is 2.84.